The fraction of sp³-hybridized carbons (Fsp3) is 0.273. The molecule has 0 aliphatic heterocycles. The lowest BCUT2D eigenvalue weighted by Crippen LogP contribution is -2.47. The van der Waals surface area contributed by atoms with Crippen LogP contribution in [0.3, 0.4) is 0 Å². The van der Waals surface area contributed by atoms with Gasteiger partial charge >= 0.3 is 6.18 Å². The first kappa shape index (κ1) is 23.4. The van der Waals surface area contributed by atoms with E-state index < -0.39 is 41.3 Å². The Labute approximate surface area is 179 Å². The van der Waals surface area contributed by atoms with Gasteiger partial charge in [-0.05, 0) is 36.1 Å². The molecule has 0 fully saturated rings. The summed E-state index contributed by atoms with van der Waals surface area (Å²) in [4.78, 5) is 17.5. The second-order valence-corrected chi connectivity index (χ2v) is 7.38. The maximum Gasteiger partial charge on any atom is 0.422 e. The van der Waals surface area contributed by atoms with Gasteiger partial charge in [-0.3, -0.25) is 9.79 Å². The van der Waals surface area contributed by atoms with Crippen LogP contribution in [-0.2, 0) is 0 Å². The van der Waals surface area contributed by atoms with Crippen LogP contribution in [-0.4, -0.2) is 35.2 Å². The Morgan fingerprint density at radius 1 is 1.12 bits per heavy atom. The molecule has 0 radical (unpaired) electrons. The summed E-state index contributed by atoms with van der Waals surface area (Å²) in [6, 6.07) is 7.70. The lowest BCUT2D eigenvalue weighted by Gasteiger charge is -2.30. The van der Waals surface area contributed by atoms with Crippen molar-refractivity contribution < 1.29 is 31.8 Å². The molecule has 10 heteroatoms. The molecular formula is C22H19F5N2O3. The van der Waals surface area contributed by atoms with Crippen LogP contribution in [0, 0.1) is 11.6 Å². The van der Waals surface area contributed by atoms with Crippen molar-refractivity contribution in [3.05, 3.63) is 70.0 Å². The standard InChI is InChI=1S/C22H19F5N2O3/c1-12(15-4-3-13(23)9-19(15)32-2)10-21(31,22(25,26)27)11-28-17-7-14(24)8-18-16(17)5-6-20(30)29-18/h3-9,11-12,31H,10H2,1-2H3,(H,29,30)/b28-11+. The number of aliphatic imine (C=N–C) groups is 1. The zero-order valence-corrected chi connectivity index (χ0v) is 17.0. The molecule has 32 heavy (non-hydrogen) atoms. The van der Waals surface area contributed by atoms with Crippen molar-refractivity contribution in [2.24, 2.45) is 4.99 Å². The number of nitrogens with zero attached hydrogens (tertiary/aromatic N) is 1. The van der Waals surface area contributed by atoms with Crippen LogP contribution in [0.25, 0.3) is 10.9 Å². The Bertz CT molecular complexity index is 1220. The number of H-pyrrole nitrogens is 1. The third kappa shape index (κ3) is 4.80. The second kappa shape index (κ2) is 8.70. The number of alkyl halides is 3. The van der Waals surface area contributed by atoms with Crippen LogP contribution < -0.4 is 10.3 Å². The summed E-state index contributed by atoms with van der Waals surface area (Å²) < 4.78 is 73.8. The smallest absolute Gasteiger partial charge is 0.422 e. The van der Waals surface area contributed by atoms with E-state index in [4.69, 9.17) is 4.74 Å². The SMILES string of the molecule is COc1cc(F)ccc1C(C)CC(O)(/C=N/c1cc(F)cc2[nH]c(=O)ccc12)C(F)(F)F. The number of ether oxygens (including phenoxy) is 1. The summed E-state index contributed by atoms with van der Waals surface area (Å²) in [6.07, 6.45) is -5.67. The quantitative estimate of drug-likeness (QED) is 0.407. The third-order valence-corrected chi connectivity index (χ3v) is 5.03. The Morgan fingerprint density at radius 2 is 1.84 bits per heavy atom. The second-order valence-electron chi connectivity index (χ2n) is 7.38. The van der Waals surface area contributed by atoms with Crippen LogP contribution in [0.4, 0.5) is 27.6 Å². The fourth-order valence-corrected chi connectivity index (χ4v) is 3.41. The van der Waals surface area contributed by atoms with E-state index in [2.05, 4.69) is 9.98 Å². The van der Waals surface area contributed by atoms with Crippen LogP contribution in [0.5, 0.6) is 5.75 Å². The molecule has 1 heterocycles. The summed E-state index contributed by atoms with van der Waals surface area (Å²) in [5.74, 6) is -2.32. The highest BCUT2D eigenvalue weighted by atomic mass is 19.4. The highest BCUT2D eigenvalue weighted by molar-refractivity contribution is 5.92. The summed E-state index contributed by atoms with van der Waals surface area (Å²) >= 11 is 0. The first-order valence-corrected chi connectivity index (χ1v) is 9.44. The van der Waals surface area contributed by atoms with E-state index in [1.807, 2.05) is 0 Å². The van der Waals surface area contributed by atoms with Crippen molar-refractivity contribution in [2.45, 2.75) is 31.0 Å². The van der Waals surface area contributed by atoms with Crippen LogP contribution in [0.15, 0.2) is 52.3 Å². The van der Waals surface area contributed by atoms with Crippen molar-refractivity contribution in [1.29, 1.82) is 0 Å². The molecule has 3 rings (SSSR count). The lowest BCUT2D eigenvalue weighted by atomic mass is 9.86. The zero-order valence-electron chi connectivity index (χ0n) is 17.0. The van der Waals surface area contributed by atoms with Gasteiger partial charge in [-0.25, -0.2) is 8.78 Å². The van der Waals surface area contributed by atoms with E-state index in [9.17, 15) is 31.9 Å². The average Bonchev–Trinajstić information content (AvgIpc) is 2.70. The number of halogens is 5. The summed E-state index contributed by atoms with van der Waals surface area (Å²) in [5.41, 5.74) is -3.80. The highest BCUT2D eigenvalue weighted by Crippen LogP contribution is 2.40. The molecule has 3 aromatic rings. The number of fused-ring (bicyclic) bond motifs is 1. The molecule has 0 aliphatic carbocycles. The Morgan fingerprint density at radius 3 is 2.50 bits per heavy atom. The van der Waals surface area contributed by atoms with Gasteiger partial charge < -0.3 is 14.8 Å². The van der Waals surface area contributed by atoms with Gasteiger partial charge in [-0.15, -0.1) is 0 Å². The van der Waals surface area contributed by atoms with Gasteiger partial charge in [0.25, 0.3) is 0 Å². The van der Waals surface area contributed by atoms with Crippen molar-refractivity contribution in [3.63, 3.8) is 0 Å². The molecular weight excluding hydrogens is 435 g/mol. The predicted molar refractivity (Wildman–Crippen MR) is 110 cm³/mol. The van der Waals surface area contributed by atoms with E-state index in [0.717, 1.165) is 30.3 Å². The van der Waals surface area contributed by atoms with Crippen LogP contribution in [0.1, 0.15) is 24.8 Å². The van der Waals surface area contributed by atoms with Gasteiger partial charge in [0.15, 0.2) is 5.60 Å². The number of aromatic nitrogens is 1. The van der Waals surface area contributed by atoms with E-state index >= 15 is 0 Å². The maximum absolute atomic E-state index is 13.9. The summed E-state index contributed by atoms with van der Waals surface area (Å²) in [5, 5.41) is 10.7. The van der Waals surface area contributed by atoms with E-state index in [-0.39, 0.29) is 27.9 Å². The van der Waals surface area contributed by atoms with Gasteiger partial charge in [-0.1, -0.05) is 13.0 Å². The van der Waals surface area contributed by atoms with Gasteiger partial charge in [0.2, 0.25) is 5.56 Å². The molecule has 2 atom stereocenters. The summed E-state index contributed by atoms with van der Waals surface area (Å²) in [6.45, 7) is 1.42. The van der Waals surface area contributed by atoms with Crippen LogP contribution in [0.2, 0.25) is 0 Å². The zero-order chi connectivity index (χ0) is 23.7. The monoisotopic (exact) mass is 454 g/mol. The lowest BCUT2D eigenvalue weighted by molar-refractivity contribution is -0.231. The molecule has 2 unspecified atom stereocenters. The minimum atomic E-state index is -5.12. The molecule has 1 aromatic heterocycles. The number of pyridine rings is 1. The number of nitrogens with one attached hydrogen (secondary N) is 1. The topological polar surface area (TPSA) is 74.7 Å². The molecule has 0 amide bonds. The molecule has 2 N–H and O–H groups in total. The number of hydrogen-bond acceptors (Lipinski definition) is 4. The predicted octanol–water partition coefficient (Wildman–Crippen LogP) is 5.00. The molecule has 0 aliphatic rings. The number of hydrogen-bond donors (Lipinski definition) is 2. The van der Waals surface area contributed by atoms with Crippen molar-refractivity contribution in [3.8, 4) is 5.75 Å². The van der Waals surface area contributed by atoms with E-state index in [1.165, 1.54) is 26.2 Å². The van der Waals surface area contributed by atoms with Gasteiger partial charge in [0.05, 0.1) is 18.3 Å². The minimum Gasteiger partial charge on any atom is -0.496 e. The van der Waals surface area contributed by atoms with Crippen molar-refractivity contribution >= 4 is 22.8 Å². The van der Waals surface area contributed by atoms with Gasteiger partial charge in [0.1, 0.15) is 17.4 Å². The maximum atomic E-state index is 13.9. The molecule has 0 saturated carbocycles. The number of rotatable bonds is 6. The molecule has 5 nitrogen and oxygen atoms in total. The molecule has 0 bridgehead atoms. The van der Waals surface area contributed by atoms with E-state index in [0.29, 0.717) is 6.21 Å². The Kier molecular flexibility index (Phi) is 6.36. The normalized spacial score (nSPS) is 15.1. The highest BCUT2D eigenvalue weighted by Gasteiger charge is 2.53. The van der Waals surface area contributed by atoms with Gasteiger partial charge in [-0.2, -0.15) is 13.2 Å². The minimum absolute atomic E-state index is 0.0408. The van der Waals surface area contributed by atoms with Crippen molar-refractivity contribution in [1.82, 2.24) is 4.98 Å². The molecule has 170 valence electrons. The van der Waals surface area contributed by atoms with Crippen LogP contribution >= 0.6 is 0 Å². The fourth-order valence-electron chi connectivity index (χ4n) is 3.41. The number of aliphatic hydroxyl groups is 1. The summed E-state index contributed by atoms with van der Waals surface area (Å²) in [7, 11) is 1.25. The largest absolute Gasteiger partial charge is 0.496 e. The van der Waals surface area contributed by atoms with Gasteiger partial charge in [0, 0.05) is 29.8 Å². The Balaban J connectivity index is 2.01. The van der Waals surface area contributed by atoms with E-state index in [1.54, 1.807) is 0 Å². The molecule has 0 spiro atoms. The molecule has 2 aromatic carbocycles. The molecule has 0 saturated heterocycles. The van der Waals surface area contributed by atoms with Crippen molar-refractivity contribution in [2.75, 3.05) is 7.11 Å². The third-order valence-electron chi connectivity index (χ3n) is 5.03. The number of methoxy groups -OCH3 is 1. The number of aromatic amines is 1. The first-order chi connectivity index (χ1) is 14.9. The average molecular weight is 454 g/mol. The first-order valence-electron chi connectivity index (χ1n) is 9.44. The number of benzene rings is 2. The Hall–Kier alpha value is -3.27.